The molecule has 0 bridgehead atoms. The van der Waals surface area contributed by atoms with Gasteiger partial charge in [-0.15, -0.1) is 0 Å². The zero-order valence-electron chi connectivity index (χ0n) is 18.0. The van der Waals surface area contributed by atoms with Gasteiger partial charge in [0.1, 0.15) is 11.6 Å². The molecule has 0 N–H and O–H groups in total. The Kier molecular flexibility index (Phi) is 6.71. The van der Waals surface area contributed by atoms with E-state index in [1.807, 2.05) is 31.3 Å². The first-order chi connectivity index (χ1) is 15.5. The van der Waals surface area contributed by atoms with Crippen molar-refractivity contribution >= 4 is 10.8 Å². The lowest BCUT2D eigenvalue weighted by Gasteiger charge is -2.18. The lowest BCUT2D eigenvalue weighted by Crippen LogP contribution is -2.32. The van der Waals surface area contributed by atoms with Gasteiger partial charge in [-0.05, 0) is 54.9 Å². The van der Waals surface area contributed by atoms with Crippen molar-refractivity contribution in [2.24, 2.45) is 0 Å². The number of rotatable bonds is 8. The molecule has 0 fully saturated rings. The third-order valence-corrected chi connectivity index (χ3v) is 5.62. The third kappa shape index (κ3) is 5.26. The molecule has 1 aromatic heterocycles. The maximum absolute atomic E-state index is 13.3. The third-order valence-electron chi connectivity index (χ3n) is 5.62. The van der Waals surface area contributed by atoms with Gasteiger partial charge in [0.25, 0.3) is 5.56 Å². The Hall–Kier alpha value is -3.38. The molecule has 0 saturated carbocycles. The summed E-state index contributed by atoms with van der Waals surface area (Å²) in [5, 5.41) is 6.12. The number of hydrogen-bond donors (Lipinski definition) is 0. The van der Waals surface area contributed by atoms with E-state index in [1.54, 1.807) is 24.3 Å². The van der Waals surface area contributed by atoms with Crippen molar-refractivity contribution in [3.63, 3.8) is 0 Å². The first-order valence-electron chi connectivity index (χ1n) is 10.7. The quantitative estimate of drug-likeness (QED) is 0.412. The smallest absolute Gasteiger partial charge is 0.274 e. The highest BCUT2D eigenvalue weighted by molar-refractivity contribution is 5.83. The number of nitrogens with zero attached hydrogens (tertiary/aromatic N) is 3. The fraction of sp³-hybridized carbons (Fsp3) is 0.231. The highest BCUT2D eigenvalue weighted by Gasteiger charge is 2.12. The van der Waals surface area contributed by atoms with Crippen LogP contribution in [0.15, 0.2) is 77.6 Å². The predicted octanol–water partition coefficient (Wildman–Crippen LogP) is 4.44. The second kappa shape index (κ2) is 9.83. The van der Waals surface area contributed by atoms with Crippen molar-refractivity contribution in [2.75, 3.05) is 20.1 Å². The maximum Gasteiger partial charge on any atom is 0.274 e. The second-order valence-corrected chi connectivity index (χ2v) is 8.00. The minimum Gasteiger partial charge on any atom is -0.304 e. The monoisotopic (exact) mass is 433 g/mol. The second-order valence-electron chi connectivity index (χ2n) is 8.00. The number of benzene rings is 3. The largest absolute Gasteiger partial charge is 0.304 e. The van der Waals surface area contributed by atoms with E-state index in [4.69, 9.17) is 0 Å². The van der Waals surface area contributed by atoms with Crippen LogP contribution in [0, 0.1) is 11.6 Å². The highest BCUT2D eigenvalue weighted by Crippen LogP contribution is 2.17. The summed E-state index contributed by atoms with van der Waals surface area (Å²) >= 11 is 0. The Morgan fingerprint density at radius 2 is 1.41 bits per heavy atom. The molecule has 0 unspecified atom stereocenters. The van der Waals surface area contributed by atoms with Crippen LogP contribution in [0.5, 0.6) is 0 Å². The fourth-order valence-corrected chi connectivity index (χ4v) is 3.73. The molecule has 0 radical (unpaired) electrons. The van der Waals surface area contributed by atoms with Crippen LogP contribution in [0.3, 0.4) is 0 Å². The molecule has 0 amide bonds. The molecule has 32 heavy (non-hydrogen) atoms. The van der Waals surface area contributed by atoms with Crippen LogP contribution in [0.25, 0.3) is 10.8 Å². The van der Waals surface area contributed by atoms with Crippen molar-refractivity contribution in [3.05, 3.63) is 112 Å². The van der Waals surface area contributed by atoms with E-state index >= 15 is 0 Å². The average molecular weight is 434 g/mol. The summed E-state index contributed by atoms with van der Waals surface area (Å²) in [6, 6.07) is 20.3. The zero-order valence-corrected chi connectivity index (χ0v) is 18.0. The molecule has 0 spiro atoms. The molecule has 0 atom stereocenters. The lowest BCUT2D eigenvalue weighted by atomic mass is 10.0. The SMILES string of the molecule is CN(CCc1ccc(F)cc1)CCn1nc(Cc2ccc(F)cc2)c2ccccc2c1=O. The van der Waals surface area contributed by atoms with Gasteiger partial charge < -0.3 is 4.90 Å². The maximum atomic E-state index is 13.3. The number of aromatic nitrogens is 2. The van der Waals surface area contributed by atoms with E-state index < -0.39 is 0 Å². The van der Waals surface area contributed by atoms with Gasteiger partial charge in [-0.1, -0.05) is 42.5 Å². The number of fused-ring (bicyclic) bond motifs is 1. The summed E-state index contributed by atoms with van der Waals surface area (Å²) in [5.41, 5.74) is 2.68. The zero-order chi connectivity index (χ0) is 22.5. The van der Waals surface area contributed by atoms with Gasteiger partial charge in [-0.3, -0.25) is 4.79 Å². The van der Waals surface area contributed by atoms with E-state index in [2.05, 4.69) is 10.00 Å². The Bertz CT molecular complexity index is 1250. The molecule has 6 heteroatoms. The lowest BCUT2D eigenvalue weighted by molar-refractivity contribution is 0.312. The standard InChI is InChI=1S/C26H25F2N3O/c1-30(15-14-19-6-10-21(27)11-7-19)16-17-31-26(32)24-5-3-2-4-23(24)25(29-31)18-20-8-12-22(28)13-9-20/h2-13H,14-18H2,1H3. The fourth-order valence-electron chi connectivity index (χ4n) is 3.73. The first kappa shape index (κ1) is 21.8. The highest BCUT2D eigenvalue weighted by atomic mass is 19.1. The summed E-state index contributed by atoms with van der Waals surface area (Å²) in [6.07, 6.45) is 1.31. The van der Waals surface area contributed by atoms with E-state index in [0.29, 0.717) is 24.9 Å². The van der Waals surface area contributed by atoms with E-state index in [0.717, 1.165) is 35.2 Å². The molecule has 4 aromatic rings. The van der Waals surface area contributed by atoms with Crippen molar-refractivity contribution in [1.29, 1.82) is 0 Å². The van der Waals surface area contributed by atoms with Crippen LogP contribution in [0.4, 0.5) is 8.78 Å². The van der Waals surface area contributed by atoms with Gasteiger partial charge in [0.2, 0.25) is 0 Å². The molecule has 164 valence electrons. The summed E-state index contributed by atoms with van der Waals surface area (Å²) in [7, 11) is 2.00. The van der Waals surface area contributed by atoms with Gasteiger partial charge in [0.05, 0.1) is 17.6 Å². The average Bonchev–Trinajstić information content (AvgIpc) is 2.81. The van der Waals surface area contributed by atoms with Crippen molar-refractivity contribution in [3.8, 4) is 0 Å². The van der Waals surface area contributed by atoms with Gasteiger partial charge in [-0.25, -0.2) is 13.5 Å². The molecule has 0 aliphatic rings. The van der Waals surface area contributed by atoms with Crippen LogP contribution in [0.1, 0.15) is 16.8 Å². The summed E-state index contributed by atoms with van der Waals surface area (Å²) < 4.78 is 27.9. The number of likely N-dealkylation sites (N-methyl/N-ethyl adjacent to an activating group) is 1. The molecule has 3 aromatic carbocycles. The predicted molar refractivity (Wildman–Crippen MR) is 123 cm³/mol. The van der Waals surface area contributed by atoms with E-state index in [9.17, 15) is 13.6 Å². The van der Waals surface area contributed by atoms with Crippen LogP contribution in [-0.2, 0) is 19.4 Å². The molecular weight excluding hydrogens is 408 g/mol. The summed E-state index contributed by atoms with van der Waals surface area (Å²) in [6.45, 7) is 1.90. The summed E-state index contributed by atoms with van der Waals surface area (Å²) in [4.78, 5) is 15.1. The van der Waals surface area contributed by atoms with Gasteiger partial charge in [0, 0.05) is 24.9 Å². The molecule has 4 rings (SSSR count). The van der Waals surface area contributed by atoms with Gasteiger partial charge in [0.15, 0.2) is 0 Å². The van der Waals surface area contributed by atoms with Crippen LogP contribution < -0.4 is 5.56 Å². The van der Waals surface area contributed by atoms with E-state index in [-0.39, 0.29) is 17.2 Å². The molecule has 0 aliphatic carbocycles. The van der Waals surface area contributed by atoms with Crippen molar-refractivity contribution in [2.45, 2.75) is 19.4 Å². The first-order valence-corrected chi connectivity index (χ1v) is 10.7. The molecule has 1 heterocycles. The Morgan fingerprint density at radius 3 is 2.06 bits per heavy atom. The number of halogens is 2. The summed E-state index contributed by atoms with van der Waals surface area (Å²) in [5.74, 6) is -0.513. The Labute approximate surface area is 185 Å². The molecule has 4 nitrogen and oxygen atoms in total. The Morgan fingerprint density at radius 1 is 0.812 bits per heavy atom. The van der Waals surface area contributed by atoms with E-state index in [1.165, 1.54) is 28.9 Å². The van der Waals surface area contributed by atoms with Crippen molar-refractivity contribution < 1.29 is 8.78 Å². The molecular formula is C26H25F2N3O. The molecule has 0 aliphatic heterocycles. The van der Waals surface area contributed by atoms with Crippen LogP contribution >= 0.6 is 0 Å². The normalized spacial score (nSPS) is 11.4. The topological polar surface area (TPSA) is 38.1 Å². The number of hydrogen-bond acceptors (Lipinski definition) is 3. The Balaban J connectivity index is 1.50. The van der Waals surface area contributed by atoms with Crippen LogP contribution in [0.2, 0.25) is 0 Å². The van der Waals surface area contributed by atoms with Gasteiger partial charge >= 0.3 is 0 Å². The van der Waals surface area contributed by atoms with Crippen molar-refractivity contribution in [1.82, 2.24) is 14.7 Å². The molecule has 0 saturated heterocycles. The minimum atomic E-state index is -0.278. The minimum absolute atomic E-state index is 0.115. The van der Waals surface area contributed by atoms with Gasteiger partial charge in [-0.2, -0.15) is 5.10 Å². The van der Waals surface area contributed by atoms with Crippen LogP contribution in [-0.4, -0.2) is 34.8 Å².